The Morgan fingerprint density at radius 2 is 1.56 bits per heavy atom. The monoisotopic (exact) mass is 461 g/mol. The first-order valence-corrected chi connectivity index (χ1v) is 12.0. The molecule has 1 N–H and O–H groups in total. The molecule has 3 rings (SSSR count). The second-order valence-electron chi connectivity index (χ2n) is 9.23. The van der Waals surface area contributed by atoms with Gasteiger partial charge in [-0.05, 0) is 38.8 Å². The summed E-state index contributed by atoms with van der Waals surface area (Å²) in [5, 5.41) is 0. The zero-order valence-electron chi connectivity index (χ0n) is 19.6. The summed E-state index contributed by atoms with van der Waals surface area (Å²) < 4.78 is 40.1. The van der Waals surface area contributed by atoms with E-state index in [4.69, 9.17) is 18.9 Å². The predicted molar refractivity (Wildman–Crippen MR) is 126 cm³/mol. The fourth-order valence-corrected chi connectivity index (χ4v) is 4.60. The number of nitrogens with one attached hydrogen (secondary N) is 1. The van der Waals surface area contributed by atoms with Gasteiger partial charge in [0.2, 0.25) is 0 Å². The highest BCUT2D eigenvalue weighted by Crippen LogP contribution is 2.36. The van der Waals surface area contributed by atoms with Gasteiger partial charge in [-0.3, -0.25) is 0 Å². The molecule has 0 saturated carbocycles. The van der Waals surface area contributed by atoms with Crippen molar-refractivity contribution in [2.75, 3.05) is 13.7 Å². The summed E-state index contributed by atoms with van der Waals surface area (Å²) in [5.41, 5.74) is 1.31. The van der Waals surface area contributed by atoms with E-state index in [2.05, 4.69) is 4.72 Å². The Balaban J connectivity index is 1.77. The van der Waals surface area contributed by atoms with Crippen LogP contribution in [-0.2, 0) is 43.1 Å². The first kappa shape index (κ1) is 25.0. The summed E-state index contributed by atoms with van der Waals surface area (Å²) in [6.07, 6.45) is -1.46. The minimum atomic E-state index is -1.34. The highest BCUT2D eigenvalue weighted by atomic mass is 32.2. The van der Waals surface area contributed by atoms with Crippen LogP contribution in [0, 0.1) is 0 Å². The Morgan fingerprint density at radius 1 is 1.00 bits per heavy atom. The van der Waals surface area contributed by atoms with Gasteiger partial charge in [-0.2, -0.15) is 0 Å². The van der Waals surface area contributed by atoms with Crippen LogP contribution in [0.2, 0.25) is 0 Å². The van der Waals surface area contributed by atoms with E-state index >= 15 is 0 Å². The van der Waals surface area contributed by atoms with Gasteiger partial charge in [0, 0.05) is 7.11 Å². The first-order valence-electron chi connectivity index (χ1n) is 10.9. The Labute approximate surface area is 194 Å². The molecule has 5 atom stereocenters. The minimum absolute atomic E-state index is 0.327. The van der Waals surface area contributed by atoms with Crippen molar-refractivity contribution in [2.45, 2.75) is 69.7 Å². The fraction of sp³-hybridized carbons (Fsp3) is 0.520. The zero-order chi connectivity index (χ0) is 23.2. The number of ether oxygens (including phenoxy) is 4. The lowest BCUT2D eigenvalue weighted by molar-refractivity contribution is -0.148. The molecule has 5 unspecified atom stereocenters. The van der Waals surface area contributed by atoms with Crippen molar-refractivity contribution >= 4 is 11.0 Å². The van der Waals surface area contributed by atoms with E-state index in [1.54, 1.807) is 7.11 Å². The molecule has 176 valence electrons. The van der Waals surface area contributed by atoms with Gasteiger partial charge in [0.15, 0.2) is 6.29 Å². The second-order valence-corrected chi connectivity index (χ2v) is 11.2. The number of hydrogen-bond donors (Lipinski definition) is 1. The maximum Gasteiger partial charge on any atom is 0.179 e. The lowest BCUT2D eigenvalue weighted by atomic mass is 9.94. The first-order chi connectivity index (χ1) is 15.2. The molecule has 7 heteroatoms. The van der Waals surface area contributed by atoms with Crippen molar-refractivity contribution in [3.63, 3.8) is 0 Å². The number of rotatable bonds is 10. The average Bonchev–Trinajstić information content (AvgIpc) is 3.03. The molecule has 2 aromatic carbocycles. The second kappa shape index (κ2) is 11.0. The number of benzene rings is 2. The van der Waals surface area contributed by atoms with Gasteiger partial charge in [-0.25, -0.2) is 8.93 Å². The van der Waals surface area contributed by atoms with E-state index in [-0.39, 0.29) is 6.10 Å². The average molecular weight is 462 g/mol. The van der Waals surface area contributed by atoms with E-state index in [1.165, 1.54) is 0 Å². The quantitative estimate of drug-likeness (QED) is 0.580. The van der Waals surface area contributed by atoms with Crippen molar-refractivity contribution in [3.8, 4) is 0 Å². The fourth-order valence-electron chi connectivity index (χ4n) is 3.69. The third-order valence-electron chi connectivity index (χ3n) is 5.47. The van der Waals surface area contributed by atoms with Crippen molar-refractivity contribution in [3.05, 3.63) is 71.8 Å². The van der Waals surface area contributed by atoms with Crippen molar-refractivity contribution < 1.29 is 23.2 Å². The molecule has 1 aliphatic heterocycles. The van der Waals surface area contributed by atoms with Crippen molar-refractivity contribution in [2.24, 2.45) is 0 Å². The maximum atomic E-state index is 13.0. The van der Waals surface area contributed by atoms with Crippen molar-refractivity contribution in [1.82, 2.24) is 4.72 Å². The van der Waals surface area contributed by atoms with Crippen LogP contribution in [0.25, 0.3) is 0 Å². The molecular weight excluding hydrogens is 426 g/mol. The summed E-state index contributed by atoms with van der Waals surface area (Å²) in [7, 11) is 0.251. The van der Waals surface area contributed by atoms with Gasteiger partial charge in [0.05, 0.1) is 35.6 Å². The number of hydrogen-bond acceptors (Lipinski definition) is 5. The Bertz CT molecular complexity index is 858. The highest BCUT2D eigenvalue weighted by molar-refractivity contribution is 7.84. The molecule has 1 heterocycles. The predicted octanol–water partition coefficient (Wildman–Crippen LogP) is 3.97. The standard InChI is InChI=1S/C25H35NO5S/c1-24(2,3)32(27)26-25(4)22(30-17-20-14-10-7-11-15-20)21(31-23(25)28-5)18-29-16-19-12-8-6-9-13-19/h6-15,21-23,26H,16-18H2,1-5H3. The molecule has 0 aromatic heterocycles. The Hall–Kier alpha value is -1.61. The molecule has 0 bridgehead atoms. The summed E-state index contributed by atoms with van der Waals surface area (Å²) in [6, 6.07) is 20.0. The highest BCUT2D eigenvalue weighted by Gasteiger charge is 2.56. The molecule has 0 aliphatic carbocycles. The normalized spacial score (nSPS) is 26.8. The van der Waals surface area contributed by atoms with E-state index < -0.39 is 33.7 Å². The summed E-state index contributed by atoms with van der Waals surface area (Å²) >= 11 is 0. The van der Waals surface area contributed by atoms with Crippen LogP contribution in [0.5, 0.6) is 0 Å². The van der Waals surface area contributed by atoms with Gasteiger partial charge in [-0.15, -0.1) is 0 Å². The molecule has 0 radical (unpaired) electrons. The van der Waals surface area contributed by atoms with E-state index in [1.807, 2.05) is 88.4 Å². The molecule has 1 saturated heterocycles. The van der Waals surface area contributed by atoms with E-state index in [9.17, 15) is 4.21 Å². The van der Waals surface area contributed by atoms with E-state index in [0.29, 0.717) is 19.8 Å². The van der Waals surface area contributed by atoms with Gasteiger partial charge < -0.3 is 18.9 Å². The molecule has 2 aromatic rings. The maximum absolute atomic E-state index is 13.0. The zero-order valence-corrected chi connectivity index (χ0v) is 20.4. The Kier molecular flexibility index (Phi) is 8.61. The van der Waals surface area contributed by atoms with Crippen LogP contribution in [0.1, 0.15) is 38.8 Å². The van der Waals surface area contributed by atoms with Gasteiger partial charge in [-0.1, -0.05) is 60.7 Å². The van der Waals surface area contributed by atoms with Gasteiger partial charge in [0.1, 0.15) is 17.7 Å². The largest absolute Gasteiger partial charge is 0.374 e. The van der Waals surface area contributed by atoms with Gasteiger partial charge in [0.25, 0.3) is 0 Å². The summed E-state index contributed by atoms with van der Waals surface area (Å²) in [6.45, 7) is 8.93. The SMILES string of the molecule is COC1OC(COCc2ccccc2)C(OCc2ccccc2)C1(C)NS(=O)C(C)(C)C. The minimum Gasteiger partial charge on any atom is -0.374 e. The summed E-state index contributed by atoms with van der Waals surface area (Å²) in [5.74, 6) is 0. The van der Waals surface area contributed by atoms with Crippen LogP contribution in [-0.4, -0.2) is 46.7 Å². The Morgan fingerprint density at radius 3 is 2.09 bits per heavy atom. The molecule has 0 spiro atoms. The molecule has 1 aliphatic rings. The molecule has 0 amide bonds. The molecule has 32 heavy (non-hydrogen) atoms. The van der Waals surface area contributed by atoms with Crippen LogP contribution in [0.3, 0.4) is 0 Å². The van der Waals surface area contributed by atoms with E-state index in [0.717, 1.165) is 11.1 Å². The number of methoxy groups -OCH3 is 1. The van der Waals surface area contributed by atoms with Crippen LogP contribution in [0.4, 0.5) is 0 Å². The smallest absolute Gasteiger partial charge is 0.179 e. The lowest BCUT2D eigenvalue weighted by Crippen LogP contribution is -2.60. The third-order valence-corrected chi connectivity index (χ3v) is 7.20. The summed E-state index contributed by atoms with van der Waals surface area (Å²) in [4.78, 5) is 0. The van der Waals surface area contributed by atoms with Crippen LogP contribution in [0.15, 0.2) is 60.7 Å². The van der Waals surface area contributed by atoms with Crippen LogP contribution >= 0.6 is 0 Å². The molecule has 6 nitrogen and oxygen atoms in total. The van der Waals surface area contributed by atoms with Gasteiger partial charge >= 0.3 is 0 Å². The molecule has 1 fully saturated rings. The topological polar surface area (TPSA) is 66.0 Å². The van der Waals surface area contributed by atoms with Crippen LogP contribution < -0.4 is 4.72 Å². The third kappa shape index (κ3) is 6.25. The molecular formula is C25H35NO5S. The van der Waals surface area contributed by atoms with Crippen molar-refractivity contribution in [1.29, 1.82) is 0 Å². The lowest BCUT2D eigenvalue weighted by Gasteiger charge is -2.36.